The lowest BCUT2D eigenvalue weighted by atomic mass is 10.2. The summed E-state index contributed by atoms with van der Waals surface area (Å²) in [5.41, 5.74) is 1.16. The summed E-state index contributed by atoms with van der Waals surface area (Å²) in [6, 6.07) is 12.5. The minimum Gasteiger partial charge on any atom is -0.448 e. The maximum Gasteiger partial charge on any atom is 0.358 e. The Kier molecular flexibility index (Phi) is 5.83. The molecule has 8 heteroatoms. The van der Waals surface area contributed by atoms with Crippen molar-refractivity contribution < 1.29 is 18.7 Å². The standard InChI is InChI=1S/C19H14ClFN2O3S/c1-11(17(24)22-15-7-3-6-14(21)9-15)26-19(25)16-10-27-18(23-16)12-4-2-5-13(20)8-12/h2-11H,1H3,(H,22,24)/t11-/m0/s1. The fourth-order valence-corrected chi connectivity index (χ4v) is 3.18. The first-order valence-electron chi connectivity index (χ1n) is 7.91. The second kappa shape index (κ2) is 8.28. The molecular weight excluding hydrogens is 391 g/mol. The minimum atomic E-state index is -1.07. The number of thiazole rings is 1. The molecule has 3 rings (SSSR count). The highest BCUT2D eigenvalue weighted by atomic mass is 35.5. The molecule has 0 aliphatic carbocycles. The normalized spacial score (nSPS) is 11.7. The second-order valence-corrected chi connectivity index (χ2v) is 6.89. The summed E-state index contributed by atoms with van der Waals surface area (Å²) in [7, 11) is 0. The monoisotopic (exact) mass is 404 g/mol. The Morgan fingerprint density at radius 1 is 1.22 bits per heavy atom. The molecule has 0 fully saturated rings. The molecule has 0 aliphatic heterocycles. The Labute approximate surface area is 163 Å². The van der Waals surface area contributed by atoms with E-state index in [1.807, 2.05) is 6.07 Å². The molecule has 1 aromatic heterocycles. The number of amides is 1. The molecule has 2 aromatic carbocycles. The zero-order valence-corrected chi connectivity index (χ0v) is 15.7. The zero-order chi connectivity index (χ0) is 19.4. The largest absolute Gasteiger partial charge is 0.448 e. The smallest absolute Gasteiger partial charge is 0.358 e. The van der Waals surface area contributed by atoms with Gasteiger partial charge in [-0.05, 0) is 37.3 Å². The summed E-state index contributed by atoms with van der Waals surface area (Å²) in [6.45, 7) is 1.43. The van der Waals surface area contributed by atoms with Crippen molar-refractivity contribution in [2.75, 3.05) is 5.32 Å². The van der Waals surface area contributed by atoms with E-state index in [1.165, 1.54) is 42.5 Å². The molecule has 1 atom stereocenters. The van der Waals surface area contributed by atoms with Crippen LogP contribution in [0.4, 0.5) is 10.1 Å². The number of ether oxygens (including phenoxy) is 1. The van der Waals surface area contributed by atoms with Gasteiger partial charge in [-0.25, -0.2) is 14.2 Å². The molecule has 0 saturated heterocycles. The number of anilines is 1. The Morgan fingerprint density at radius 2 is 2.00 bits per heavy atom. The number of carbonyl (C=O) groups excluding carboxylic acids is 2. The Bertz CT molecular complexity index is 992. The van der Waals surface area contributed by atoms with Gasteiger partial charge in [-0.3, -0.25) is 4.79 Å². The first kappa shape index (κ1) is 19.0. The molecule has 5 nitrogen and oxygen atoms in total. The predicted octanol–water partition coefficient (Wildman–Crippen LogP) is 4.79. The number of hydrogen-bond acceptors (Lipinski definition) is 5. The van der Waals surface area contributed by atoms with Gasteiger partial charge in [0.2, 0.25) is 0 Å². The highest BCUT2D eigenvalue weighted by Gasteiger charge is 2.21. The Balaban J connectivity index is 1.64. The van der Waals surface area contributed by atoms with Crippen LogP contribution in [-0.4, -0.2) is 23.0 Å². The van der Waals surface area contributed by atoms with Gasteiger partial charge in [-0.2, -0.15) is 0 Å². The summed E-state index contributed by atoms with van der Waals surface area (Å²) in [5, 5.41) is 5.22. The van der Waals surface area contributed by atoms with Crippen LogP contribution in [0.15, 0.2) is 53.9 Å². The number of aromatic nitrogens is 1. The van der Waals surface area contributed by atoms with Crippen LogP contribution in [0.25, 0.3) is 10.6 Å². The summed E-state index contributed by atoms with van der Waals surface area (Å²) in [6.07, 6.45) is -1.07. The summed E-state index contributed by atoms with van der Waals surface area (Å²) < 4.78 is 18.3. The van der Waals surface area contributed by atoms with E-state index in [1.54, 1.807) is 23.6 Å². The average Bonchev–Trinajstić information content (AvgIpc) is 3.12. The van der Waals surface area contributed by atoms with Crippen LogP contribution in [0.1, 0.15) is 17.4 Å². The second-order valence-electron chi connectivity index (χ2n) is 5.60. The van der Waals surface area contributed by atoms with Gasteiger partial charge in [0.15, 0.2) is 11.8 Å². The summed E-state index contributed by atoms with van der Waals surface area (Å²) >= 11 is 7.23. The lowest BCUT2D eigenvalue weighted by molar-refractivity contribution is -0.123. The fraction of sp³-hybridized carbons (Fsp3) is 0.105. The molecule has 0 aliphatic rings. The van der Waals surface area contributed by atoms with Crippen molar-refractivity contribution in [3.8, 4) is 10.6 Å². The molecule has 0 unspecified atom stereocenters. The first-order chi connectivity index (χ1) is 12.9. The minimum absolute atomic E-state index is 0.0976. The van der Waals surface area contributed by atoms with Crippen LogP contribution in [0.3, 0.4) is 0 Å². The maximum atomic E-state index is 13.2. The number of esters is 1. The molecule has 1 amide bonds. The lowest BCUT2D eigenvalue weighted by Crippen LogP contribution is -2.30. The third-order valence-corrected chi connectivity index (χ3v) is 4.66. The number of carbonyl (C=O) groups is 2. The molecule has 138 valence electrons. The van der Waals surface area contributed by atoms with Gasteiger partial charge in [-0.15, -0.1) is 11.3 Å². The predicted molar refractivity (Wildman–Crippen MR) is 102 cm³/mol. The van der Waals surface area contributed by atoms with Crippen LogP contribution in [0.5, 0.6) is 0 Å². The van der Waals surface area contributed by atoms with Gasteiger partial charge in [0.25, 0.3) is 5.91 Å². The van der Waals surface area contributed by atoms with Crippen molar-refractivity contribution in [2.45, 2.75) is 13.0 Å². The average molecular weight is 405 g/mol. The van der Waals surface area contributed by atoms with Crippen LogP contribution in [0.2, 0.25) is 5.02 Å². The van der Waals surface area contributed by atoms with Crippen LogP contribution < -0.4 is 5.32 Å². The summed E-state index contributed by atoms with van der Waals surface area (Å²) in [4.78, 5) is 28.6. The summed E-state index contributed by atoms with van der Waals surface area (Å²) in [5.74, 6) is -1.77. The van der Waals surface area contributed by atoms with Gasteiger partial charge >= 0.3 is 5.97 Å². The van der Waals surface area contributed by atoms with Crippen molar-refractivity contribution in [3.05, 3.63) is 70.4 Å². The van der Waals surface area contributed by atoms with Gasteiger partial charge in [-0.1, -0.05) is 29.8 Å². The third-order valence-electron chi connectivity index (χ3n) is 3.53. The number of hydrogen-bond donors (Lipinski definition) is 1. The van der Waals surface area contributed by atoms with Crippen LogP contribution in [-0.2, 0) is 9.53 Å². The van der Waals surface area contributed by atoms with E-state index < -0.39 is 23.8 Å². The van der Waals surface area contributed by atoms with Crippen molar-refractivity contribution in [2.24, 2.45) is 0 Å². The number of benzene rings is 2. The number of halogens is 2. The van der Waals surface area contributed by atoms with E-state index in [2.05, 4.69) is 10.3 Å². The number of nitrogens with zero attached hydrogens (tertiary/aromatic N) is 1. The third kappa shape index (κ3) is 4.90. The Hall–Kier alpha value is -2.77. The van der Waals surface area contributed by atoms with Crippen LogP contribution >= 0.6 is 22.9 Å². The molecule has 1 N–H and O–H groups in total. The molecule has 0 bridgehead atoms. The molecule has 0 radical (unpaired) electrons. The lowest BCUT2D eigenvalue weighted by Gasteiger charge is -2.12. The van der Waals surface area contributed by atoms with Gasteiger partial charge in [0.05, 0.1) is 0 Å². The van der Waals surface area contributed by atoms with E-state index in [9.17, 15) is 14.0 Å². The molecule has 3 aromatic rings. The number of rotatable bonds is 5. The van der Waals surface area contributed by atoms with E-state index in [0.717, 1.165) is 5.56 Å². The van der Waals surface area contributed by atoms with Gasteiger partial charge < -0.3 is 10.1 Å². The van der Waals surface area contributed by atoms with E-state index in [0.29, 0.717) is 10.0 Å². The van der Waals surface area contributed by atoms with Crippen molar-refractivity contribution >= 4 is 40.5 Å². The molecule has 1 heterocycles. The topological polar surface area (TPSA) is 68.3 Å². The van der Waals surface area contributed by atoms with Crippen molar-refractivity contribution in [3.63, 3.8) is 0 Å². The first-order valence-corrected chi connectivity index (χ1v) is 9.17. The van der Waals surface area contributed by atoms with Crippen molar-refractivity contribution in [1.82, 2.24) is 4.98 Å². The van der Waals surface area contributed by atoms with Crippen molar-refractivity contribution in [1.29, 1.82) is 0 Å². The quantitative estimate of drug-likeness (QED) is 0.621. The highest BCUT2D eigenvalue weighted by molar-refractivity contribution is 7.13. The highest BCUT2D eigenvalue weighted by Crippen LogP contribution is 2.26. The SMILES string of the molecule is C[C@H](OC(=O)c1csc(-c2cccc(Cl)c2)n1)C(=O)Nc1cccc(F)c1. The van der Waals surface area contributed by atoms with E-state index in [-0.39, 0.29) is 11.4 Å². The zero-order valence-electron chi connectivity index (χ0n) is 14.1. The van der Waals surface area contributed by atoms with Crippen LogP contribution in [0, 0.1) is 5.82 Å². The fourth-order valence-electron chi connectivity index (χ4n) is 2.21. The van der Waals surface area contributed by atoms with E-state index >= 15 is 0 Å². The van der Waals surface area contributed by atoms with E-state index in [4.69, 9.17) is 16.3 Å². The Morgan fingerprint density at radius 3 is 2.74 bits per heavy atom. The number of nitrogens with one attached hydrogen (secondary N) is 1. The van der Waals surface area contributed by atoms with Gasteiger partial charge in [0, 0.05) is 21.7 Å². The maximum absolute atomic E-state index is 13.2. The molecule has 27 heavy (non-hydrogen) atoms. The molecular formula is C19H14ClFN2O3S. The molecule has 0 spiro atoms. The molecule has 0 saturated carbocycles. The van der Waals surface area contributed by atoms with Gasteiger partial charge in [0.1, 0.15) is 10.8 Å².